The van der Waals surface area contributed by atoms with Crippen LogP contribution in [0.15, 0.2) is 54.6 Å². The van der Waals surface area contributed by atoms with Crippen LogP contribution in [0.4, 0.5) is 0 Å². The number of carbonyl (C=O) groups is 1. The second kappa shape index (κ2) is 8.20. The number of nitrogens with one attached hydrogen (secondary N) is 1. The van der Waals surface area contributed by atoms with Crippen LogP contribution in [-0.4, -0.2) is 24.9 Å². The molecule has 6 nitrogen and oxygen atoms in total. The van der Waals surface area contributed by atoms with Gasteiger partial charge in [0.2, 0.25) is 0 Å². The molecular weight excluding hydrogens is 332 g/mol. The Bertz CT molecular complexity index is 798. The molecule has 6 heteroatoms. The van der Waals surface area contributed by atoms with Crippen LogP contribution >= 0.6 is 0 Å². The van der Waals surface area contributed by atoms with E-state index in [-0.39, 0.29) is 12.1 Å². The van der Waals surface area contributed by atoms with Crippen LogP contribution in [0.5, 0.6) is 17.2 Å². The van der Waals surface area contributed by atoms with Crippen molar-refractivity contribution in [2.24, 2.45) is 5.73 Å². The molecule has 0 aromatic heterocycles. The number of hydrogen-bond donors (Lipinski definition) is 2. The molecule has 0 saturated carbocycles. The summed E-state index contributed by atoms with van der Waals surface area (Å²) in [6.07, 6.45) is 3.69. The summed E-state index contributed by atoms with van der Waals surface area (Å²) in [7, 11) is 0. The summed E-state index contributed by atoms with van der Waals surface area (Å²) < 4.78 is 16.5. The lowest BCUT2D eigenvalue weighted by Crippen LogP contribution is -2.17. The van der Waals surface area contributed by atoms with Gasteiger partial charge >= 0.3 is 5.97 Å². The first kappa shape index (κ1) is 17.5. The number of benzene rings is 2. The molecule has 1 fully saturated rings. The number of hydrogen-bond acceptors (Lipinski definition) is 6. The lowest BCUT2D eigenvalue weighted by Gasteiger charge is -2.12. The third-order valence-electron chi connectivity index (χ3n) is 3.91. The summed E-state index contributed by atoms with van der Waals surface area (Å²) in [5.74, 6) is 1.90. The predicted octanol–water partition coefficient (Wildman–Crippen LogP) is 3.51. The van der Waals surface area contributed by atoms with Crippen molar-refractivity contribution in [1.82, 2.24) is 0 Å². The smallest absolute Gasteiger partial charge is 0.306 e. The zero-order valence-corrected chi connectivity index (χ0v) is 14.2. The zero-order chi connectivity index (χ0) is 18.4. The van der Waals surface area contributed by atoms with E-state index in [1.165, 1.54) is 6.08 Å². The summed E-state index contributed by atoms with van der Waals surface area (Å²) in [4.78, 5) is 11.1. The van der Waals surface area contributed by atoms with Gasteiger partial charge in [0.1, 0.15) is 30.0 Å². The van der Waals surface area contributed by atoms with E-state index in [2.05, 4.69) is 0 Å². The van der Waals surface area contributed by atoms with Crippen molar-refractivity contribution in [2.45, 2.75) is 18.9 Å². The predicted molar refractivity (Wildman–Crippen MR) is 98.5 cm³/mol. The molecule has 0 aliphatic carbocycles. The van der Waals surface area contributed by atoms with Gasteiger partial charge in [0, 0.05) is 18.3 Å². The number of cyclic esters (lactones) is 1. The van der Waals surface area contributed by atoms with Crippen molar-refractivity contribution in [2.75, 3.05) is 6.61 Å². The third-order valence-corrected chi connectivity index (χ3v) is 3.91. The number of esters is 1. The van der Waals surface area contributed by atoms with Crippen molar-refractivity contribution in [1.29, 1.82) is 5.41 Å². The van der Waals surface area contributed by atoms with Crippen molar-refractivity contribution in [3.63, 3.8) is 0 Å². The van der Waals surface area contributed by atoms with Crippen LogP contribution < -0.4 is 15.2 Å². The van der Waals surface area contributed by atoms with E-state index in [1.54, 1.807) is 0 Å². The minimum atomic E-state index is -0.163. The quantitative estimate of drug-likeness (QED) is 0.587. The van der Waals surface area contributed by atoms with Gasteiger partial charge in [0.25, 0.3) is 0 Å². The molecule has 1 atom stereocenters. The van der Waals surface area contributed by atoms with Crippen molar-refractivity contribution >= 4 is 17.9 Å². The highest BCUT2D eigenvalue weighted by molar-refractivity contribution is 5.81. The second-order valence-corrected chi connectivity index (χ2v) is 5.85. The normalized spacial score (nSPS) is 16.8. The fourth-order valence-corrected chi connectivity index (χ4v) is 2.53. The first-order valence-corrected chi connectivity index (χ1v) is 8.31. The van der Waals surface area contributed by atoms with Crippen LogP contribution in [0.2, 0.25) is 0 Å². The Morgan fingerprint density at radius 3 is 2.31 bits per heavy atom. The van der Waals surface area contributed by atoms with Crippen molar-refractivity contribution in [3.8, 4) is 17.2 Å². The van der Waals surface area contributed by atoms with Crippen LogP contribution in [0.25, 0.3) is 5.70 Å². The Hall–Kier alpha value is -3.28. The molecule has 3 rings (SSSR count). The van der Waals surface area contributed by atoms with E-state index in [0.29, 0.717) is 42.4 Å². The molecule has 2 aromatic rings. The Morgan fingerprint density at radius 1 is 1.12 bits per heavy atom. The highest BCUT2D eigenvalue weighted by atomic mass is 16.6. The molecule has 0 bridgehead atoms. The topological polar surface area (TPSA) is 94.6 Å². The molecule has 0 amide bonds. The van der Waals surface area contributed by atoms with Gasteiger partial charge in [-0.2, -0.15) is 0 Å². The van der Waals surface area contributed by atoms with Gasteiger partial charge in [0.15, 0.2) is 0 Å². The molecule has 0 radical (unpaired) electrons. The molecule has 1 aliphatic rings. The average molecular weight is 352 g/mol. The van der Waals surface area contributed by atoms with E-state index < -0.39 is 0 Å². The summed E-state index contributed by atoms with van der Waals surface area (Å²) in [5.41, 5.74) is 7.19. The van der Waals surface area contributed by atoms with Gasteiger partial charge in [-0.15, -0.1) is 0 Å². The van der Waals surface area contributed by atoms with Crippen molar-refractivity contribution in [3.05, 3.63) is 60.2 Å². The van der Waals surface area contributed by atoms with Gasteiger partial charge in [-0.3, -0.25) is 4.79 Å². The van der Waals surface area contributed by atoms with Crippen LogP contribution in [0, 0.1) is 5.41 Å². The Balaban J connectivity index is 1.54. The highest BCUT2D eigenvalue weighted by Gasteiger charge is 2.23. The van der Waals surface area contributed by atoms with Crippen LogP contribution in [-0.2, 0) is 9.53 Å². The average Bonchev–Trinajstić information content (AvgIpc) is 3.07. The van der Waals surface area contributed by atoms with Crippen molar-refractivity contribution < 1.29 is 19.0 Å². The molecule has 26 heavy (non-hydrogen) atoms. The van der Waals surface area contributed by atoms with Gasteiger partial charge in [-0.1, -0.05) is 0 Å². The second-order valence-electron chi connectivity index (χ2n) is 5.85. The Kier molecular flexibility index (Phi) is 5.53. The number of allylic oxidation sites excluding steroid dienone is 1. The standard InChI is InChI=1S/C20H20N2O4/c21-12-11-19(22)14-1-3-16(4-2-14)25-17-7-5-15(6-8-17)24-13-18-9-10-20(23)26-18/h1-8,11-12,18,21H,9-10,13,22H2/b19-11-,21-12?/t18-/m1/s1. The monoisotopic (exact) mass is 352 g/mol. The number of nitrogens with two attached hydrogens (primary N) is 1. The number of rotatable bonds is 7. The first-order chi connectivity index (χ1) is 12.6. The van der Waals surface area contributed by atoms with Gasteiger partial charge in [-0.25, -0.2) is 0 Å². The number of carbonyl (C=O) groups excluding carboxylic acids is 1. The van der Waals surface area contributed by atoms with Gasteiger partial charge < -0.3 is 25.4 Å². The van der Waals surface area contributed by atoms with E-state index in [0.717, 1.165) is 11.8 Å². The summed E-state index contributed by atoms with van der Waals surface area (Å²) in [5, 5.41) is 7.04. The van der Waals surface area contributed by atoms with Gasteiger partial charge in [0.05, 0.1) is 0 Å². The largest absolute Gasteiger partial charge is 0.490 e. The summed E-state index contributed by atoms with van der Waals surface area (Å²) in [6, 6.07) is 14.6. The SMILES string of the molecule is N=C/C=C(\N)c1ccc(Oc2ccc(OC[C@H]3CCC(=O)O3)cc2)cc1. The minimum absolute atomic E-state index is 0.161. The van der Waals surface area contributed by atoms with Crippen LogP contribution in [0.1, 0.15) is 18.4 Å². The molecule has 134 valence electrons. The molecule has 2 aromatic carbocycles. The molecule has 1 aliphatic heterocycles. The highest BCUT2D eigenvalue weighted by Crippen LogP contribution is 2.25. The molecule has 1 heterocycles. The zero-order valence-electron chi connectivity index (χ0n) is 14.2. The van der Waals surface area contributed by atoms with E-state index >= 15 is 0 Å². The van der Waals surface area contributed by atoms with Crippen LogP contribution in [0.3, 0.4) is 0 Å². The molecule has 0 spiro atoms. The molecule has 0 unspecified atom stereocenters. The Morgan fingerprint density at radius 2 is 1.73 bits per heavy atom. The maximum absolute atomic E-state index is 11.1. The molecular formula is C20H20N2O4. The lowest BCUT2D eigenvalue weighted by molar-refractivity contribution is -0.142. The third kappa shape index (κ3) is 4.63. The maximum Gasteiger partial charge on any atom is 0.306 e. The lowest BCUT2D eigenvalue weighted by atomic mass is 10.1. The van der Waals surface area contributed by atoms with Gasteiger partial charge in [-0.05, 0) is 66.6 Å². The molecule has 1 saturated heterocycles. The number of ether oxygens (including phenoxy) is 3. The maximum atomic E-state index is 11.1. The summed E-state index contributed by atoms with van der Waals surface area (Å²) >= 11 is 0. The summed E-state index contributed by atoms with van der Waals surface area (Å²) in [6.45, 7) is 0.359. The Labute approximate surface area is 151 Å². The van der Waals surface area contributed by atoms with E-state index in [1.807, 2.05) is 48.5 Å². The first-order valence-electron chi connectivity index (χ1n) is 8.31. The minimum Gasteiger partial charge on any atom is -0.490 e. The fraction of sp³-hybridized carbons (Fsp3) is 0.200. The van der Waals surface area contributed by atoms with E-state index in [9.17, 15) is 4.79 Å². The fourth-order valence-electron chi connectivity index (χ4n) is 2.53. The molecule has 3 N–H and O–H groups in total. The van der Waals surface area contributed by atoms with E-state index in [4.69, 9.17) is 25.4 Å².